The summed E-state index contributed by atoms with van der Waals surface area (Å²) in [5.41, 5.74) is 9.08. The Morgan fingerprint density at radius 1 is 1.24 bits per heavy atom. The molecular weight excluding hydrogens is 336 g/mol. The van der Waals surface area contributed by atoms with Crippen LogP contribution >= 0.6 is 11.3 Å². The highest BCUT2D eigenvalue weighted by molar-refractivity contribution is 7.21. The molecule has 5 nitrogen and oxygen atoms in total. The van der Waals surface area contributed by atoms with Crippen LogP contribution in [0, 0.1) is 6.92 Å². The third-order valence-electron chi connectivity index (χ3n) is 3.92. The molecule has 128 valence electrons. The number of esters is 1. The first-order valence-corrected chi connectivity index (χ1v) is 8.73. The van der Waals surface area contributed by atoms with E-state index >= 15 is 0 Å². The number of ether oxygens (including phenoxy) is 1. The standard InChI is InChI=1S/C19H18N2O3S/c1-4-24-19(23)13-10(2)21-18-15(16(20)17(25-18)11(3)22)14(13)12-8-6-5-7-9-12/h5-9H,4,20H2,1-3H3. The molecule has 0 unspecified atom stereocenters. The fraction of sp³-hybridized carbons (Fsp3) is 0.211. The predicted octanol–water partition coefficient (Wildman–Crippen LogP) is 4.23. The van der Waals surface area contributed by atoms with Crippen LogP contribution in [0.25, 0.3) is 21.3 Å². The molecule has 3 rings (SSSR count). The molecule has 0 bridgehead atoms. The summed E-state index contributed by atoms with van der Waals surface area (Å²) in [5, 5.41) is 0.634. The van der Waals surface area contributed by atoms with Gasteiger partial charge in [0.25, 0.3) is 0 Å². The van der Waals surface area contributed by atoms with Gasteiger partial charge in [-0.25, -0.2) is 9.78 Å². The van der Waals surface area contributed by atoms with E-state index in [0.717, 1.165) is 5.56 Å². The van der Waals surface area contributed by atoms with Crippen LogP contribution < -0.4 is 5.73 Å². The highest BCUT2D eigenvalue weighted by atomic mass is 32.1. The number of nitrogens with zero attached hydrogens (tertiary/aromatic N) is 1. The number of carbonyl (C=O) groups excluding carboxylic acids is 2. The Morgan fingerprint density at radius 2 is 1.92 bits per heavy atom. The number of hydrogen-bond acceptors (Lipinski definition) is 6. The molecule has 0 aliphatic rings. The Hall–Kier alpha value is -2.73. The zero-order valence-corrected chi connectivity index (χ0v) is 15.1. The quantitative estimate of drug-likeness (QED) is 0.560. The number of Topliss-reactive ketones (excluding diaryl/α,β-unsaturated/α-hetero) is 1. The van der Waals surface area contributed by atoms with Gasteiger partial charge in [-0.15, -0.1) is 11.3 Å². The van der Waals surface area contributed by atoms with Crippen molar-refractivity contribution < 1.29 is 14.3 Å². The summed E-state index contributed by atoms with van der Waals surface area (Å²) in [7, 11) is 0. The third kappa shape index (κ3) is 2.89. The number of nitrogens with two attached hydrogens (primary N) is 1. The van der Waals surface area contributed by atoms with E-state index in [9.17, 15) is 9.59 Å². The molecule has 2 aromatic heterocycles. The van der Waals surface area contributed by atoms with Crippen LogP contribution in [0.4, 0.5) is 5.69 Å². The van der Waals surface area contributed by atoms with Crippen molar-refractivity contribution in [3.05, 3.63) is 46.5 Å². The third-order valence-corrected chi connectivity index (χ3v) is 5.12. The molecule has 3 aromatic rings. The lowest BCUT2D eigenvalue weighted by Gasteiger charge is -2.13. The molecule has 25 heavy (non-hydrogen) atoms. The van der Waals surface area contributed by atoms with E-state index < -0.39 is 5.97 Å². The molecule has 0 aliphatic carbocycles. The van der Waals surface area contributed by atoms with Crippen molar-refractivity contribution in [3.8, 4) is 11.1 Å². The normalized spacial score (nSPS) is 10.8. The Labute approximate surface area is 149 Å². The molecule has 1 aromatic carbocycles. The first-order valence-electron chi connectivity index (χ1n) is 7.91. The maximum atomic E-state index is 12.6. The van der Waals surface area contributed by atoms with E-state index in [-0.39, 0.29) is 12.4 Å². The zero-order valence-electron chi connectivity index (χ0n) is 14.3. The number of pyridine rings is 1. The van der Waals surface area contributed by atoms with Crippen LogP contribution in [0.1, 0.15) is 39.6 Å². The van der Waals surface area contributed by atoms with Crippen molar-refractivity contribution in [2.45, 2.75) is 20.8 Å². The van der Waals surface area contributed by atoms with Crippen molar-refractivity contribution in [2.24, 2.45) is 0 Å². The van der Waals surface area contributed by atoms with Gasteiger partial charge in [-0.2, -0.15) is 0 Å². The molecule has 0 saturated carbocycles. The number of benzene rings is 1. The fourth-order valence-corrected chi connectivity index (χ4v) is 3.92. The molecule has 0 fully saturated rings. The first kappa shape index (κ1) is 17.1. The van der Waals surface area contributed by atoms with Crippen molar-refractivity contribution in [2.75, 3.05) is 12.3 Å². The number of aryl methyl sites for hydroxylation is 1. The van der Waals surface area contributed by atoms with E-state index in [1.807, 2.05) is 30.3 Å². The number of rotatable bonds is 4. The number of thiophene rings is 1. The lowest BCUT2D eigenvalue weighted by molar-refractivity contribution is 0.0526. The summed E-state index contributed by atoms with van der Waals surface area (Å²) in [5.74, 6) is -0.557. The van der Waals surface area contributed by atoms with Gasteiger partial charge in [-0.1, -0.05) is 30.3 Å². The highest BCUT2D eigenvalue weighted by Crippen LogP contribution is 2.42. The predicted molar refractivity (Wildman–Crippen MR) is 100 cm³/mol. The second kappa shape index (κ2) is 6.64. The van der Waals surface area contributed by atoms with Crippen LogP contribution in [0.3, 0.4) is 0 Å². The monoisotopic (exact) mass is 354 g/mol. The molecule has 0 aliphatic heterocycles. The summed E-state index contributed by atoms with van der Waals surface area (Å²) in [6, 6.07) is 9.49. The second-order valence-electron chi connectivity index (χ2n) is 5.61. The van der Waals surface area contributed by atoms with E-state index in [4.69, 9.17) is 10.5 Å². The summed E-state index contributed by atoms with van der Waals surface area (Å²) in [6.07, 6.45) is 0. The maximum absolute atomic E-state index is 12.6. The van der Waals surface area contributed by atoms with Crippen molar-refractivity contribution in [1.82, 2.24) is 4.98 Å². The number of ketones is 1. The van der Waals surface area contributed by atoms with Gasteiger partial charge >= 0.3 is 5.97 Å². The van der Waals surface area contributed by atoms with Gasteiger partial charge < -0.3 is 10.5 Å². The summed E-state index contributed by atoms with van der Waals surface area (Å²) >= 11 is 1.25. The molecular formula is C19H18N2O3S. The number of anilines is 1. The SMILES string of the molecule is CCOC(=O)c1c(C)nc2sc(C(C)=O)c(N)c2c1-c1ccccc1. The number of nitrogen functional groups attached to an aromatic ring is 1. The highest BCUT2D eigenvalue weighted by Gasteiger charge is 2.26. The lowest BCUT2D eigenvalue weighted by atomic mass is 9.95. The average molecular weight is 354 g/mol. The molecule has 6 heteroatoms. The largest absolute Gasteiger partial charge is 0.462 e. The lowest BCUT2D eigenvalue weighted by Crippen LogP contribution is -2.10. The fourth-order valence-electron chi connectivity index (χ4n) is 2.87. The number of fused-ring (bicyclic) bond motifs is 1. The Kier molecular flexibility index (Phi) is 4.55. The van der Waals surface area contributed by atoms with Crippen LogP contribution in [0.15, 0.2) is 30.3 Å². The summed E-state index contributed by atoms with van der Waals surface area (Å²) in [4.78, 5) is 30.1. The average Bonchev–Trinajstić information content (AvgIpc) is 2.91. The van der Waals surface area contributed by atoms with Crippen LogP contribution in [0.2, 0.25) is 0 Å². The molecule has 2 heterocycles. The first-order chi connectivity index (χ1) is 12.0. The van der Waals surface area contributed by atoms with Gasteiger partial charge in [0.1, 0.15) is 4.83 Å². The van der Waals surface area contributed by atoms with Gasteiger partial charge in [0.05, 0.1) is 28.4 Å². The second-order valence-corrected chi connectivity index (χ2v) is 6.61. The topological polar surface area (TPSA) is 82.3 Å². The Balaban J connectivity index is 2.46. The van der Waals surface area contributed by atoms with Crippen LogP contribution in [-0.4, -0.2) is 23.3 Å². The van der Waals surface area contributed by atoms with Gasteiger partial charge in [0.15, 0.2) is 5.78 Å². The summed E-state index contributed by atoms with van der Waals surface area (Å²) in [6.45, 7) is 5.26. The molecule has 0 spiro atoms. The van der Waals surface area contributed by atoms with E-state index in [0.29, 0.717) is 37.6 Å². The molecule has 0 amide bonds. The molecule has 0 atom stereocenters. The van der Waals surface area contributed by atoms with Crippen LogP contribution in [-0.2, 0) is 4.74 Å². The number of hydrogen-bond donors (Lipinski definition) is 1. The molecule has 2 N–H and O–H groups in total. The van der Waals surface area contributed by atoms with E-state index in [1.54, 1.807) is 13.8 Å². The van der Waals surface area contributed by atoms with Crippen molar-refractivity contribution >= 4 is 39.0 Å². The zero-order chi connectivity index (χ0) is 18.1. The Bertz CT molecular complexity index is 977. The van der Waals surface area contributed by atoms with Crippen molar-refractivity contribution in [1.29, 1.82) is 0 Å². The Morgan fingerprint density at radius 3 is 2.52 bits per heavy atom. The minimum atomic E-state index is -0.441. The van der Waals surface area contributed by atoms with Gasteiger partial charge in [-0.3, -0.25) is 4.79 Å². The van der Waals surface area contributed by atoms with Crippen molar-refractivity contribution in [3.63, 3.8) is 0 Å². The minimum Gasteiger partial charge on any atom is -0.462 e. The summed E-state index contributed by atoms with van der Waals surface area (Å²) < 4.78 is 5.23. The molecule has 0 radical (unpaired) electrons. The van der Waals surface area contributed by atoms with Crippen LogP contribution in [0.5, 0.6) is 0 Å². The number of carbonyl (C=O) groups is 2. The van der Waals surface area contributed by atoms with E-state index in [2.05, 4.69) is 4.98 Å². The smallest absolute Gasteiger partial charge is 0.340 e. The van der Waals surface area contributed by atoms with Gasteiger partial charge in [0, 0.05) is 17.9 Å². The van der Waals surface area contributed by atoms with Gasteiger partial charge in [0.2, 0.25) is 0 Å². The number of aromatic nitrogens is 1. The van der Waals surface area contributed by atoms with Gasteiger partial charge in [-0.05, 0) is 19.4 Å². The van der Waals surface area contributed by atoms with E-state index in [1.165, 1.54) is 18.3 Å². The maximum Gasteiger partial charge on any atom is 0.340 e. The molecule has 0 saturated heterocycles. The minimum absolute atomic E-state index is 0.116.